The van der Waals surface area contributed by atoms with Crippen LogP contribution < -0.4 is 10.9 Å². The van der Waals surface area contributed by atoms with Crippen LogP contribution >= 0.6 is 0 Å². The third-order valence-electron chi connectivity index (χ3n) is 3.09. The van der Waals surface area contributed by atoms with E-state index in [0.717, 1.165) is 6.07 Å². The van der Waals surface area contributed by atoms with Crippen LogP contribution in [0.3, 0.4) is 0 Å². The summed E-state index contributed by atoms with van der Waals surface area (Å²) in [5, 5.41) is 12.1. The van der Waals surface area contributed by atoms with Crippen LogP contribution in [0.15, 0.2) is 35.1 Å². The summed E-state index contributed by atoms with van der Waals surface area (Å²) in [5.74, 6) is -1.32. The van der Waals surface area contributed by atoms with Crippen LogP contribution in [0.4, 0.5) is 0 Å². The molecular formula is C14H14N2O4. The molecule has 104 valence electrons. The van der Waals surface area contributed by atoms with Crippen LogP contribution in [0.2, 0.25) is 0 Å². The zero-order chi connectivity index (χ0) is 14.7. The number of carbonyl (C=O) groups is 2. The fourth-order valence-corrected chi connectivity index (χ4v) is 2.08. The van der Waals surface area contributed by atoms with Gasteiger partial charge in [-0.25, -0.2) is 4.79 Å². The Hall–Kier alpha value is -2.63. The third-order valence-corrected chi connectivity index (χ3v) is 3.09. The molecule has 6 nitrogen and oxygen atoms in total. The topological polar surface area (TPSA) is 88.4 Å². The number of nitrogens with zero attached hydrogens (tertiary/aromatic N) is 1. The van der Waals surface area contributed by atoms with E-state index in [1.165, 1.54) is 11.6 Å². The van der Waals surface area contributed by atoms with Gasteiger partial charge in [0, 0.05) is 31.5 Å². The highest BCUT2D eigenvalue weighted by Gasteiger charge is 2.13. The van der Waals surface area contributed by atoms with Crippen LogP contribution in [-0.4, -0.2) is 28.6 Å². The number of pyridine rings is 1. The smallest absolute Gasteiger partial charge is 0.336 e. The molecule has 0 aliphatic rings. The van der Waals surface area contributed by atoms with E-state index in [1.807, 2.05) is 0 Å². The lowest BCUT2D eigenvalue weighted by molar-refractivity contribution is -0.120. The Labute approximate surface area is 114 Å². The van der Waals surface area contributed by atoms with Crippen molar-refractivity contribution in [1.29, 1.82) is 0 Å². The van der Waals surface area contributed by atoms with E-state index in [2.05, 4.69) is 5.32 Å². The van der Waals surface area contributed by atoms with Gasteiger partial charge in [0.2, 0.25) is 5.91 Å². The molecule has 0 saturated heterocycles. The molecule has 0 spiro atoms. The van der Waals surface area contributed by atoms with Crippen LogP contribution in [0.1, 0.15) is 16.8 Å². The number of amides is 1. The molecule has 0 fully saturated rings. The Morgan fingerprint density at radius 2 is 2.00 bits per heavy atom. The number of aromatic nitrogens is 1. The van der Waals surface area contributed by atoms with Gasteiger partial charge in [-0.15, -0.1) is 0 Å². The molecule has 1 aromatic heterocycles. The molecular weight excluding hydrogens is 260 g/mol. The molecule has 1 amide bonds. The lowest BCUT2D eigenvalue weighted by atomic mass is 10.1. The van der Waals surface area contributed by atoms with Gasteiger partial charge in [0.05, 0.1) is 11.1 Å². The van der Waals surface area contributed by atoms with Crippen molar-refractivity contribution in [3.63, 3.8) is 0 Å². The molecule has 0 radical (unpaired) electrons. The second kappa shape index (κ2) is 5.56. The quantitative estimate of drug-likeness (QED) is 0.864. The van der Waals surface area contributed by atoms with Gasteiger partial charge in [-0.05, 0) is 6.07 Å². The molecule has 20 heavy (non-hydrogen) atoms. The Balaban J connectivity index is 2.58. The molecule has 0 saturated carbocycles. The fourth-order valence-electron chi connectivity index (χ4n) is 2.08. The van der Waals surface area contributed by atoms with Gasteiger partial charge >= 0.3 is 5.97 Å². The number of hydrogen-bond donors (Lipinski definition) is 2. The molecule has 0 bridgehead atoms. The van der Waals surface area contributed by atoms with E-state index in [1.54, 1.807) is 24.3 Å². The lowest BCUT2D eigenvalue weighted by Gasteiger charge is -2.11. The van der Waals surface area contributed by atoms with Gasteiger partial charge in [0.1, 0.15) is 0 Å². The van der Waals surface area contributed by atoms with Crippen molar-refractivity contribution < 1.29 is 14.7 Å². The van der Waals surface area contributed by atoms with Crippen LogP contribution in [0.5, 0.6) is 0 Å². The van der Waals surface area contributed by atoms with Gasteiger partial charge in [0.25, 0.3) is 5.56 Å². The number of nitrogens with one attached hydrogen (secondary N) is 1. The average molecular weight is 274 g/mol. The molecule has 0 aliphatic heterocycles. The first kappa shape index (κ1) is 13.8. The maximum atomic E-state index is 12.0. The Kier molecular flexibility index (Phi) is 3.84. The summed E-state index contributed by atoms with van der Waals surface area (Å²) < 4.78 is 1.41. The van der Waals surface area contributed by atoms with E-state index >= 15 is 0 Å². The van der Waals surface area contributed by atoms with Gasteiger partial charge in [-0.3, -0.25) is 9.59 Å². The van der Waals surface area contributed by atoms with Crippen molar-refractivity contribution in [3.8, 4) is 0 Å². The normalized spacial score (nSPS) is 10.4. The number of benzene rings is 1. The molecule has 2 N–H and O–H groups in total. The molecule has 0 aliphatic carbocycles. The highest BCUT2D eigenvalue weighted by atomic mass is 16.4. The number of rotatable bonds is 4. The molecule has 0 unspecified atom stereocenters. The number of aryl methyl sites for hydroxylation is 1. The van der Waals surface area contributed by atoms with E-state index in [0.29, 0.717) is 10.9 Å². The zero-order valence-electron chi connectivity index (χ0n) is 10.9. The first-order valence-electron chi connectivity index (χ1n) is 6.11. The molecule has 1 heterocycles. The maximum absolute atomic E-state index is 12.0. The van der Waals surface area contributed by atoms with E-state index < -0.39 is 11.5 Å². The Morgan fingerprint density at radius 1 is 1.30 bits per heavy atom. The van der Waals surface area contributed by atoms with Gasteiger partial charge in [0.15, 0.2) is 0 Å². The number of aromatic carboxylic acids is 1. The van der Waals surface area contributed by atoms with Crippen molar-refractivity contribution in [2.24, 2.45) is 0 Å². The number of carboxylic acid groups (broad SMARTS) is 1. The van der Waals surface area contributed by atoms with Crippen LogP contribution in [0, 0.1) is 0 Å². The first-order chi connectivity index (χ1) is 9.54. The lowest BCUT2D eigenvalue weighted by Crippen LogP contribution is -2.26. The summed E-state index contributed by atoms with van der Waals surface area (Å²) in [7, 11) is 1.52. The van der Waals surface area contributed by atoms with Gasteiger partial charge < -0.3 is 15.0 Å². The van der Waals surface area contributed by atoms with E-state index in [9.17, 15) is 14.4 Å². The summed E-state index contributed by atoms with van der Waals surface area (Å²) in [5.41, 5.74) is 0.0631. The maximum Gasteiger partial charge on any atom is 0.336 e. The standard InChI is InChI=1S/C14H14N2O4/c1-15-12(17)6-7-16-11-5-3-2-4-9(11)10(14(19)20)8-13(16)18/h2-5,8H,6-7H2,1H3,(H,15,17)(H,19,20). The molecule has 2 aromatic rings. The number of fused-ring (bicyclic) bond motifs is 1. The minimum Gasteiger partial charge on any atom is -0.478 e. The second-order valence-corrected chi connectivity index (χ2v) is 4.29. The summed E-state index contributed by atoms with van der Waals surface area (Å²) in [4.78, 5) is 34.5. The molecule has 6 heteroatoms. The van der Waals surface area contributed by atoms with Crippen molar-refractivity contribution in [3.05, 3.63) is 46.2 Å². The van der Waals surface area contributed by atoms with Crippen molar-refractivity contribution in [2.75, 3.05) is 7.05 Å². The second-order valence-electron chi connectivity index (χ2n) is 4.29. The average Bonchev–Trinajstić information content (AvgIpc) is 2.45. The fraction of sp³-hybridized carbons (Fsp3) is 0.214. The van der Waals surface area contributed by atoms with Crippen molar-refractivity contribution >= 4 is 22.8 Å². The van der Waals surface area contributed by atoms with Gasteiger partial charge in [-0.1, -0.05) is 18.2 Å². The SMILES string of the molecule is CNC(=O)CCn1c(=O)cc(C(=O)O)c2ccccc21. The largest absolute Gasteiger partial charge is 0.478 e. The molecule has 0 atom stereocenters. The zero-order valence-corrected chi connectivity index (χ0v) is 10.9. The summed E-state index contributed by atoms with van der Waals surface area (Å²) in [6.07, 6.45) is 0.160. The number of carbonyl (C=O) groups excluding carboxylic acids is 1. The van der Waals surface area contributed by atoms with Crippen molar-refractivity contribution in [1.82, 2.24) is 9.88 Å². The summed E-state index contributed by atoms with van der Waals surface area (Å²) in [6.45, 7) is 0.207. The molecule has 2 rings (SSSR count). The van der Waals surface area contributed by atoms with E-state index in [4.69, 9.17) is 5.11 Å². The van der Waals surface area contributed by atoms with Crippen LogP contribution in [0.25, 0.3) is 10.9 Å². The monoisotopic (exact) mass is 274 g/mol. The predicted octanol–water partition coefficient (Wildman–Crippen LogP) is 0.836. The highest BCUT2D eigenvalue weighted by Crippen LogP contribution is 2.17. The summed E-state index contributed by atoms with van der Waals surface area (Å²) in [6, 6.07) is 7.85. The Bertz CT molecular complexity index is 734. The summed E-state index contributed by atoms with van der Waals surface area (Å²) >= 11 is 0. The van der Waals surface area contributed by atoms with Gasteiger partial charge in [-0.2, -0.15) is 0 Å². The molecule has 1 aromatic carbocycles. The van der Waals surface area contributed by atoms with Crippen LogP contribution in [-0.2, 0) is 11.3 Å². The van der Waals surface area contributed by atoms with Crippen molar-refractivity contribution in [2.45, 2.75) is 13.0 Å². The Morgan fingerprint density at radius 3 is 2.65 bits per heavy atom. The predicted molar refractivity (Wildman–Crippen MR) is 73.9 cm³/mol. The highest BCUT2D eigenvalue weighted by molar-refractivity contribution is 6.02. The minimum atomic E-state index is -1.14. The first-order valence-corrected chi connectivity index (χ1v) is 6.11. The minimum absolute atomic E-state index is 0.0261. The third kappa shape index (κ3) is 2.54. The number of hydrogen-bond acceptors (Lipinski definition) is 3. The van der Waals surface area contributed by atoms with E-state index in [-0.39, 0.29) is 24.4 Å². The number of carboxylic acids is 1. The number of para-hydroxylation sites is 1.